The van der Waals surface area contributed by atoms with Crippen LogP contribution in [0.5, 0.6) is 0 Å². The lowest BCUT2D eigenvalue weighted by Gasteiger charge is -2.26. The summed E-state index contributed by atoms with van der Waals surface area (Å²) in [6, 6.07) is 16.4. The number of hydrogen-bond acceptors (Lipinski definition) is 3. The van der Waals surface area contributed by atoms with Crippen molar-refractivity contribution in [2.75, 3.05) is 0 Å². The van der Waals surface area contributed by atoms with Crippen LogP contribution in [0.4, 0.5) is 0 Å². The molecule has 0 saturated heterocycles. The number of nitrogens with one attached hydrogen (secondary N) is 1. The molecule has 6 heteroatoms. The fourth-order valence-corrected chi connectivity index (χ4v) is 4.67. The maximum Gasteiger partial charge on any atom is 0.254 e. The topological polar surface area (TPSA) is 68.9 Å². The smallest absolute Gasteiger partial charge is 0.254 e. The second kappa shape index (κ2) is 9.97. The van der Waals surface area contributed by atoms with Crippen molar-refractivity contribution in [1.29, 1.82) is 0 Å². The van der Waals surface area contributed by atoms with Crippen molar-refractivity contribution in [3.8, 4) is 5.69 Å². The fourth-order valence-electron chi connectivity index (χ4n) is 4.67. The molecule has 4 aromatic rings. The molecule has 36 heavy (non-hydrogen) atoms. The highest BCUT2D eigenvalue weighted by atomic mass is 16.2. The first-order chi connectivity index (χ1) is 17.4. The van der Waals surface area contributed by atoms with Gasteiger partial charge in [0, 0.05) is 36.1 Å². The van der Waals surface area contributed by atoms with Crippen molar-refractivity contribution in [3.05, 3.63) is 117 Å². The molecule has 0 bridgehead atoms. The highest BCUT2D eigenvalue weighted by Gasteiger charge is 2.21. The second-order valence-corrected chi connectivity index (χ2v) is 9.99. The first kappa shape index (κ1) is 23.8. The molecule has 1 saturated carbocycles. The second-order valence-electron chi connectivity index (χ2n) is 9.99. The number of hydrogen-bond donors (Lipinski definition) is 1. The molecule has 1 aliphatic rings. The van der Waals surface area contributed by atoms with Crippen molar-refractivity contribution in [1.82, 2.24) is 19.4 Å². The quantitative estimate of drug-likeness (QED) is 0.410. The van der Waals surface area contributed by atoms with Crippen LogP contribution in [0, 0.1) is 20.8 Å². The van der Waals surface area contributed by atoms with Crippen LogP contribution < -0.4 is 10.9 Å². The Morgan fingerprint density at radius 2 is 1.75 bits per heavy atom. The minimum atomic E-state index is -0.111. The number of nitrogens with zero attached hydrogens (tertiary/aromatic N) is 3. The van der Waals surface area contributed by atoms with E-state index in [1.807, 2.05) is 61.3 Å². The number of rotatable bonds is 7. The van der Waals surface area contributed by atoms with E-state index in [0.29, 0.717) is 24.1 Å². The Kier molecular flexibility index (Phi) is 6.59. The summed E-state index contributed by atoms with van der Waals surface area (Å²) in [5, 5.41) is 3.12. The van der Waals surface area contributed by atoms with Gasteiger partial charge in [-0.05, 0) is 68.9 Å². The number of pyridine rings is 1. The third-order valence-electron chi connectivity index (χ3n) is 6.98. The Hall–Kier alpha value is -3.93. The molecular formula is C30H32N4O2. The predicted octanol–water partition coefficient (Wildman–Crippen LogP) is 4.88. The van der Waals surface area contributed by atoms with Crippen LogP contribution in [-0.2, 0) is 13.0 Å². The van der Waals surface area contributed by atoms with Gasteiger partial charge in [-0.25, -0.2) is 4.98 Å². The molecule has 0 spiro atoms. The van der Waals surface area contributed by atoms with Crippen LogP contribution in [0.3, 0.4) is 0 Å². The van der Waals surface area contributed by atoms with E-state index in [1.165, 1.54) is 5.56 Å². The van der Waals surface area contributed by atoms with Gasteiger partial charge in [-0.15, -0.1) is 0 Å². The predicted molar refractivity (Wildman–Crippen MR) is 142 cm³/mol. The van der Waals surface area contributed by atoms with Crippen LogP contribution in [-0.4, -0.2) is 26.1 Å². The average Bonchev–Trinajstić information content (AvgIpc) is 3.26. The van der Waals surface area contributed by atoms with E-state index in [4.69, 9.17) is 0 Å². The highest BCUT2D eigenvalue weighted by Crippen LogP contribution is 2.20. The van der Waals surface area contributed by atoms with Gasteiger partial charge in [0.2, 0.25) is 0 Å². The molecule has 1 N–H and O–H groups in total. The number of imidazole rings is 1. The SMILES string of the molecule is Cc1ccc(Cn2cc(C(=O)NC3CCC3)cc(Cc3ccc(-n4cnc(C)c4)c(C)c3)c2=O)cc1. The summed E-state index contributed by atoms with van der Waals surface area (Å²) in [7, 11) is 0. The zero-order valence-corrected chi connectivity index (χ0v) is 21.1. The summed E-state index contributed by atoms with van der Waals surface area (Å²) in [4.78, 5) is 30.9. The van der Waals surface area contributed by atoms with Gasteiger partial charge in [0.05, 0.1) is 24.1 Å². The lowest BCUT2D eigenvalue weighted by atomic mass is 9.93. The number of carbonyl (C=O) groups excluding carboxylic acids is 1. The molecule has 0 aliphatic heterocycles. The van der Waals surface area contributed by atoms with Gasteiger partial charge < -0.3 is 14.5 Å². The van der Waals surface area contributed by atoms with Crippen molar-refractivity contribution in [3.63, 3.8) is 0 Å². The van der Waals surface area contributed by atoms with E-state index in [2.05, 4.69) is 29.4 Å². The van der Waals surface area contributed by atoms with Crippen LogP contribution in [0.2, 0.25) is 0 Å². The van der Waals surface area contributed by atoms with Gasteiger partial charge >= 0.3 is 0 Å². The number of carbonyl (C=O) groups is 1. The highest BCUT2D eigenvalue weighted by molar-refractivity contribution is 5.94. The molecule has 184 valence electrons. The Bertz CT molecular complexity index is 1460. The molecule has 2 aromatic carbocycles. The largest absolute Gasteiger partial charge is 0.349 e. The summed E-state index contributed by atoms with van der Waals surface area (Å²) in [6.45, 7) is 6.50. The average molecular weight is 481 g/mol. The van der Waals surface area contributed by atoms with Crippen LogP contribution in [0.25, 0.3) is 5.69 Å². The first-order valence-electron chi connectivity index (χ1n) is 12.6. The molecule has 0 atom stereocenters. The number of amides is 1. The molecule has 1 amide bonds. The van der Waals surface area contributed by atoms with E-state index in [-0.39, 0.29) is 17.5 Å². The van der Waals surface area contributed by atoms with Crippen LogP contribution in [0.15, 0.2) is 72.0 Å². The number of benzene rings is 2. The number of aromatic nitrogens is 3. The van der Waals surface area contributed by atoms with Gasteiger partial charge in [0.25, 0.3) is 11.5 Å². The molecule has 5 rings (SSSR count). The Balaban J connectivity index is 1.47. The summed E-state index contributed by atoms with van der Waals surface area (Å²) < 4.78 is 3.68. The summed E-state index contributed by atoms with van der Waals surface area (Å²) in [6.07, 6.45) is 9.16. The van der Waals surface area contributed by atoms with E-state index < -0.39 is 0 Å². The lowest BCUT2D eigenvalue weighted by Crippen LogP contribution is -2.40. The molecule has 1 aliphatic carbocycles. The standard InChI is InChI=1S/C30H32N4O2/c1-20-7-9-23(10-8-20)17-33-18-26(29(35)32-27-5-4-6-27)15-25(30(33)36)14-24-11-12-28(21(2)13-24)34-16-22(3)31-19-34/h7-13,15-16,18-19,27H,4-6,14,17H2,1-3H3,(H,32,35). The monoisotopic (exact) mass is 480 g/mol. The third-order valence-corrected chi connectivity index (χ3v) is 6.98. The normalized spacial score (nSPS) is 13.4. The van der Waals surface area contributed by atoms with Crippen molar-refractivity contribution >= 4 is 5.91 Å². The molecule has 1 fully saturated rings. The van der Waals surface area contributed by atoms with Crippen LogP contribution in [0.1, 0.15) is 63.1 Å². The van der Waals surface area contributed by atoms with Crippen molar-refractivity contribution in [2.45, 2.75) is 59.0 Å². The molecule has 0 radical (unpaired) electrons. The fraction of sp³-hybridized carbons (Fsp3) is 0.300. The van der Waals surface area contributed by atoms with Gasteiger partial charge in [-0.1, -0.05) is 42.0 Å². The van der Waals surface area contributed by atoms with Gasteiger partial charge in [-0.3, -0.25) is 9.59 Å². The Morgan fingerprint density at radius 1 is 1.00 bits per heavy atom. The molecule has 2 heterocycles. The first-order valence-corrected chi connectivity index (χ1v) is 12.6. The third kappa shape index (κ3) is 5.18. The number of aryl methyl sites for hydroxylation is 3. The zero-order valence-electron chi connectivity index (χ0n) is 21.1. The minimum Gasteiger partial charge on any atom is -0.349 e. The Morgan fingerprint density at radius 3 is 2.39 bits per heavy atom. The van der Waals surface area contributed by atoms with Gasteiger partial charge in [0.15, 0.2) is 0 Å². The molecule has 6 nitrogen and oxygen atoms in total. The maximum absolute atomic E-state index is 13.5. The van der Waals surface area contributed by atoms with E-state index in [1.54, 1.807) is 16.8 Å². The van der Waals surface area contributed by atoms with Crippen molar-refractivity contribution < 1.29 is 4.79 Å². The summed E-state index contributed by atoms with van der Waals surface area (Å²) in [5.74, 6) is -0.111. The Labute approximate surface area is 211 Å². The lowest BCUT2D eigenvalue weighted by molar-refractivity contribution is 0.0916. The van der Waals surface area contributed by atoms with Gasteiger partial charge in [-0.2, -0.15) is 0 Å². The summed E-state index contributed by atoms with van der Waals surface area (Å²) in [5.41, 5.74) is 7.44. The molecular weight excluding hydrogens is 448 g/mol. The van der Waals surface area contributed by atoms with Crippen LogP contribution >= 0.6 is 0 Å². The van der Waals surface area contributed by atoms with E-state index >= 15 is 0 Å². The van der Waals surface area contributed by atoms with Crippen molar-refractivity contribution in [2.24, 2.45) is 0 Å². The molecule has 2 aromatic heterocycles. The van der Waals surface area contributed by atoms with E-state index in [0.717, 1.165) is 47.3 Å². The summed E-state index contributed by atoms with van der Waals surface area (Å²) >= 11 is 0. The zero-order chi connectivity index (χ0) is 25.2. The van der Waals surface area contributed by atoms with E-state index in [9.17, 15) is 9.59 Å². The maximum atomic E-state index is 13.5. The minimum absolute atomic E-state index is 0.0669. The molecule has 0 unspecified atom stereocenters. The van der Waals surface area contributed by atoms with Gasteiger partial charge in [0.1, 0.15) is 0 Å².